The van der Waals surface area contributed by atoms with Crippen molar-refractivity contribution in [2.75, 3.05) is 6.61 Å². The maximum Gasteiger partial charge on any atom is 0.330 e. The normalized spacial score (nSPS) is 15.9. The van der Waals surface area contributed by atoms with Crippen LogP contribution in [0.2, 0.25) is 0 Å². The van der Waals surface area contributed by atoms with E-state index in [1.807, 2.05) is 52.0 Å². The molecule has 0 unspecified atom stereocenters. The molecule has 1 aliphatic carbocycles. The second kappa shape index (κ2) is 16.9. The van der Waals surface area contributed by atoms with E-state index >= 15 is 0 Å². The zero-order valence-corrected chi connectivity index (χ0v) is 26.2. The number of hydrogen-bond acceptors (Lipinski definition) is 7. The standard InChI is InChI=1S/C31H46N4O6S/c1-6-41-26(37)18-16-22(15-17-25(32)36)33-28(38)24(19-21-13-11-20(2)12-14-21)34-29(39)27(31(3,4)5)35-30(40)42-23-9-7-8-10-23/h11-14,16,18,22-24,27H,6-10,15,17,19H2,1-5H3,(H2,32,36)(H,33,38)(H,34,39)(H,35,40)/b18-16+/t22-,24-,27+/m0/s1. The summed E-state index contributed by atoms with van der Waals surface area (Å²) in [5, 5.41) is 8.56. The van der Waals surface area contributed by atoms with E-state index < -0.39 is 47.2 Å². The summed E-state index contributed by atoms with van der Waals surface area (Å²) in [5.41, 5.74) is 6.56. The molecule has 0 heterocycles. The minimum atomic E-state index is -1.00. The van der Waals surface area contributed by atoms with E-state index in [1.165, 1.54) is 23.9 Å². The Morgan fingerprint density at radius 1 is 1.02 bits per heavy atom. The van der Waals surface area contributed by atoms with Gasteiger partial charge < -0.3 is 26.4 Å². The lowest BCUT2D eigenvalue weighted by atomic mass is 9.86. The number of ether oxygens (including phenoxy) is 1. The maximum atomic E-state index is 13.7. The molecule has 4 amide bonds. The molecule has 0 bridgehead atoms. The van der Waals surface area contributed by atoms with Gasteiger partial charge >= 0.3 is 5.97 Å². The predicted molar refractivity (Wildman–Crippen MR) is 165 cm³/mol. The first kappa shape index (κ1) is 34.9. The lowest BCUT2D eigenvalue weighted by Crippen LogP contribution is -2.58. The second-order valence-corrected chi connectivity index (χ2v) is 13.0. The first-order valence-corrected chi connectivity index (χ1v) is 15.4. The van der Waals surface area contributed by atoms with Gasteiger partial charge in [0.15, 0.2) is 0 Å². The highest BCUT2D eigenvalue weighted by Gasteiger charge is 2.36. The average Bonchev–Trinajstić information content (AvgIpc) is 3.42. The van der Waals surface area contributed by atoms with Gasteiger partial charge in [-0.15, -0.1) is 0 Å². The number of nitrogens with two attached hydrogens (primary N) is 1. The van der Waals surface area contributed by atoms with Crippen LogP contribution in [0.1, 0.15) is 77.3 Å². The van der Waals surface area contributed by atoms with Crippen molar-refractivity contribution in [2.45, 2.75) is 103 Å². The number of primary amides is 1. The van der Waals surface area contributed by atoms with Crippen LogP contribution in [0.15, 0.2) is 36.4 Å². The van der Waals surface area contributed by atoms with Crippen LogP contribution in [-0.4, -0.2) is 58.9 Å². The lowest BCUT2D eigenvalue weighted by Gasteiger charge is -2.32. The van der Waals surface area contributed by atoms with Crippen molar-refractivity contribution in [1.29, 1.82) is 0 Å². The third-order valence-electron chi connectivity index (χ3n) is 6.94. The van der Waals surface area contributed by atoms with Gasteiger partial charge in [-0.1, -0.05) is 81.3 Å². The Hall–Kier alpha value is -3.34. The van der Waals surface area contributed by atoms with E-state index in [-0.39, 0.29) is 36.4 Å². The highest BCUT2D eigenvalue weighted by molar-refractivity contribution is 8.14. The molecular formula is C31H46N4O6S. The van der Waals surface area contributed by atoms with E-state index in [1.54, 1.807) is 6.92 Å². The molecule has 232 valence electrons. The summed E-state index contributed by atoms with van der Waals surface area (Å²) in [6, 6.07) is 5.00. The topological polar surface area (TPSA) is 157 Å². The molecular weight excluding hydrogens is 556 g/mol. The highest BCUT2D eigenvalue weighted by Crippen LogP contribution is 2.30. The van der Waals surface area contributed by atoms with Gasteiger partial charge in [0, 0.05) is 30.2 Å². The average molecular weight is 603 g/mol. The quantitative estimate of drug-likeness (QED) is 0.187. The largest absolute Gasteiger partial charge is 0.463 e. The SMILES string of the molecule is CCOC(=O)/C=C/[C@H](CCC(N)=O)NC(=O)[C@H](Cc1ccc(C)cc1)NC(=O)[C@@H](NC(=O)SC1CCCC1)C(C)(C)C. The van der Waals surface area contributed by atoms with Crippen molar-refractivity contribution >= 4 is 40.7 Å². The van der Waals surface area contributed by atoms with Crippen molar-refractivity contribution < 1.29 is 28.7 Å². The molecule has 10 nitrogen and oxygen atoms in total. The van der Waals surface area contributed by atoms with Gasteiger partial charge in [-0.2, -0.15) is 0 Å². The fraction of sp³-hybridized carbons (Fsp3) is 0.581. The van der Waals surface area contributed by atoms with Crippen LogP contribution in [-0.2, 0) is 30.3 Å². The fourth-order valence-corrected chi connectivity index (χ4v) is 5.65. The smallest absolute Gasteiger partial charge is 0.330 e. The molecule has 11 heteroatoms. The number of aryl methyl sites for hydroxylation is 1. The molecule has 5 N–H and O–H groups in total. The van der Waals surface area contributed by atoms with E-state index in [9.17, 15) is 24.0 Å². The van der Waals surface area contributed by atoms with Crippen molar-refractivity contribution in [1.82, 2.24) is 16.0 Å². The van der Waals surface area contributed by atoms with Crippen LogP contribution >= 0.6 is 11.8 Å². The van der Waals surface area contributed by atoms with Crippen molar-refractivity contribution in [3.8, 4) is 0 Å². The van der Waals surface area contributed by atoms with Crippen molar-refractivity contribution in [3.05, 3.63) is 47.5 Å². The van der Waals surface area contributed by atoms with E-state index in [2.05, 4.69) is 16.0 Å². The van der Waals surface area contributed by atoms with Gasteiger partial charge in [0.25, 0.3) is 5.24 Å². The number of hydrogen-bond donors (Lipinski definition) is 4. The fourth-order valence-electron chi connectivity index (χ4n) is 4.59. The molecule has 42 heavy (non-hydrogen) atoms. The van der Waals surface area contributed by atoms with Crippen LogP contribution in [0.3, 0.4) is 0 Å². The number of nitrogens with one attached hydrogen (secondary N) is 3. The van der Waals surface area contributed by atoms with Gasteiger partial charge in [-0.3, -0.25) is 19.2 Å². The molecule has 1 fully saturated rings. The number of carbonyl (C=O) groups excluding carboxylic acids is 5. The minimum Gasteiger partial charge on any atom is -0.463 e. The number of rotatable bonds is 14. The van der Waals surface area contributed by atoms with E-state index in [0.717, 1.165) is 36.8 Å². The molecule has 1 aromatic carbocycles. The summed E-state index contributed by atoms with van der Waals surface area (Å²) in [6.07, 6.45) is 7.10. The van der Waals surface area contributed by atoms with Crippen LogP contribution in [0.4, 0.5) is 4.79 Å². The zero-order valence-electron chi connectivity index (χ0n) is 25.4. The lowest BCUT2D eigenvalue weighted by molar-refractivity contribution is -0.137. The molecule has 0 spiro atoms. The molecule has 1 saturated carbocycles. The third kappa shape index (κ3) is 12.7. The maximum absolute atomic E-state index is 13.7. The van der Waals surface area contributed by atoms with Gasteiger partial charge in [0.1, 0.15) is 12.1 Å². The molecule has 0 aliphatic heterocycles. The van der Waals surface area contributed by atoms with E-state index in [0.29, 0.717) is 0 Å². The number of esters is 1. The second-order valence-electron chi connectivity index (χ2n) is 11.7. The van der Waals surface area contributed by atoms with Gasteiger partial charge in [0.2, 0.25) is 17.7 Å². The first-order valence-electron chi connectivity index (χ1n) is 14.5. The molecule has 0 aromatic heterocycles. The van der Waals surface area contributed by atoms with Crippen molar-refractivity contribution in [3.63, 3.8) is 0 Å². The number of benzene rings is 1. The Morgan fingerprint density at radius 2 is 1.67 bits per heavy atom. The summed E-state index contributed by atoms with van der Waals surface area (Å²) >= 11 is 1.23. The number of thioether (sulfide) groups is 1. The Kier molecular flexibility index (Phi) is 14.1. The number of amides is 4. The van der Waals surface area contributed by atoms with Gasteiger partial charge in [-0.25, -0.2) is 4.79 Å². The Bertz CT molecular complexity index is 1110. The van der Waals surface area contributed by atoms with Gasteiger partial charge in [-0.05, 0) is 44.1 Å². The Balaban J connectivity index is 2.26. The first-order chi connectivity index (χ1) is 19.8. The highest BCUT2D eigenvalue weighted by atomic mass is 32.2. The van der Waals surface area contributed by atoms with Crippen LogP contribution in [0.25, 0.3) is 0 Å². The summed E-state index contributed by atoms with van der Waals surface area (Å²) in [6.45, 7) is 9.38. The monoisotopic (exact) mass is 602 g/mol. The minimum absolute atomic E-state index is 0.0239. The van der Waals surface area contributed by atoms with E-state index in [4.69, 9.17) is 10.5 Å². The Labute approximate surface area is 253 Å². The molecule has 0 radical (unpaired) electrons. The molecule has 2 rings (SSSR count). The number of carbonyl (C=O) groups is 5. The molecule has 1 aliphatic rings. The third-order valence-corrected chi connectivity index (χ3v) is 8.08. The molecule has 1 aromatic rings. The zero-order chi connectivity index (χ0) is 31.3. The van der Waals surface area contributed by atoms with Crippen LogP contribution in [0.5, 0.6) is 0 Å². The van der Waals surface area contributed by atoms with Crippen LogP contribution < -0.4 is 21.7 Å². The molecule has 0 saturated heterocycles. The summed E-state index contributed by atoms with van der Waals surface area (Å²) < 4.78 is 4.92. The van der Waals surface area contributed by atoms with Crippen molar-refractivity contribution in [2.24, 2.45) is 11.1 Å². The summed E-state index contributed by atoms with van der Waals surface area (Å²) in [4.78, 5) is 63.5. The van der Waals surface area contributed by atoms with Crippen LogP contribution in [0, 0.1) is 12.3 Å². The Morgan fingerprint density at radius 3 is 2.24 bits per heavy atom. The predicted octanol–water partition coefficient (Wildman–Crippen LogP) is 3.69. The van der Waals surface area contributed by atoms with Gasteiger partial charge in [0.05, 0.1) is 6.61 Å². The summed E-state index contributed by atoms with van der Waals surface area (Å²) in [7, 11) is 0. The summed E-state index contributed by atoms with van der Waals surface area (Å²) in [5.74, 6) is -2.13. The molecule has 3 atom stereocenters.